The SMILES string of the molecule is O=C1O[C@@H](Cn2ccnn2)CN1c1cc(F)c(-c2ccc(C3(F)[C@@H]4COC[C@@H]43)nc2)c(F)c1F. The van der Waals surface area contributed by atoms with E-state index in [0.29, 0.717) is 13.2 Å². The van der Waals surface area contributed by atoms with Gasteiger partial charge in [-0.05, 0) is 6.07 Å². The molecule has 3 fully saturated rings. The highest BCUT2D eigenvalue weighted by Gasteiger charge is 2.70. The standard InChI is InChI=1S/C22H17F4N5O3/c23-15-5-16(31-8-12(34-21(31)32)7-30-4-3-28-29-30)19(24)20(25)18(15)11-1-2-17(27-6-11)22(26)13-9-33-10-14(13)22/h1-6,12-14H,7-10H2/t12-,13-,14+,22?/m0/s1. The minimum absolute atomic E-state index is 0.0529. The molecule has 4 heterocycles. The van der Waals surface area contributed by atoms with Crippen molar-refractivity contribution in [3.05, 3.63) is 59.9 Å². The van der Waals surface area contributed by atoms with E-state index in [-0.39, 0.29) is 36.2 Å². The number of ether oxygens (including phenoxy) is 2. The Labute approximate surface area is 190 Å². The van der Waals surface area contributed by atoms with Crippen molar-refractivity contribution in [2.45, 2.75) is 18.3 Å². The van der Waals surface area contributed by atoms with Crippen LogP contribution >= 0.6 is 0 Å². The van der Waals surface area contributed by atoms with E-state index in [1.165, 1.54) is 23.0 Å². The number of carbonyl (C=O) groups is 1. The molecule has 3 aromatic rings. The first kappa shape index (κ1) is 21.0. The molecule has 2 aliphatic heterocycles. The van der Waals surface area contributed by atoms with Crippen molar-refractivity contribution in [2.75, 3.05) is 24.7 Å². The first-order valence-corrected chi connectivity index (χ1v) is 10.6. The van der Waals surface area contributed by atoms with Crippen LogP contribution in [0.15, 0.2) is 36.8 Å². The van der Waals surface area contributed by atoms with Crippen molar-refractivity contribution in [1.29, 1.82) is 0 Å². The van der Waals surface area contributed by atoms with Gasteiger partial charge in [-0.1, -0.05) is 11.3 Å². The summed E-state index contributed by atoms with van der Waals surface area (Å²) in [7, 11) is 0. The Bertz CT molecular complexity index is 1260. The van der Waals surface area contributed by atoms with Gasteiger partial charge in [0.25, 0.3) is 0 Å². The van der Waals surface area contributed by atoms with Crippen molar-refractivity contribution in [1.82, 2.24) is 20.0 Å². The second kappa shape index (κ2) is 7.49. The van der Waals surface area contributed by atoms with Crippen LogP contribution in [-0.4, -0.2) is 51.9 Å². The van der Waals surface area contributed by atoms with Crippen LogP contribution in [-0.2, 0) is 21.7 Å². The van der Waals surface area contributed by atoms with Gasteiger partial charge in [-0.2, -0.15) is 0 Å². The fourth-order valence-corrected chi connectivity index (χ4v) is 4.84. The van der Waals surface area contributed by atoms with E-state index in [1.54, 1.807) is 6.20 Å². The number of pyridine rings is 1. The van der Waals surface area contributed by atoms with Crippen LogP contribution in [0.4, 0.5) is 28.0 Å². The number of carbonyl (C=O) groups excluding carboxylic acids is 1. The molecule has 2 aromatic heterocycles. The molecule has 34 heavy (non-hydrogen) atoms. The van der Waals surface area contributed by atoms with Crippen LogP contribution in [0.1, 0.15) is 5.69 Å². The molecule has 8 nitrogen and oxygen atoms in total. The molecule has 0 radical (unpaired) electrons. The van der Waals surface area contributed by atoms with E-state index in [1.807, 2.05) is 0 Å². The monoisotopic (exact) mass is 475 g/mol. The maximum absolute atomic E-state index is 15.1. The number of alkyl halides is 1. The lowest BCUT2D eigenvalue weighted by Gasteiger charge is -2.17. The van der Waals surface area contributed by atoms with Crippen LogP contribution in [0.25, 0.3) is 11.1 Å². The van der Waals surface area contributed by atoms with Crippen molar-refractivity contribution in [3.8, 4) is 11.1 Å². The average molecular weight is 475 g/mol. The smallest absolute Gasteiger partial charge is 0.414 e. The Morgan fingerprint density at radius 3 is 2.62 bits per heavy atom. The molecule has 12 heteroatoms. The molecule has 176 valence electrons. The van der Waals surface area contributed by atoms with E-state index in [9.17, 15) is 18.0 Å². The molecule has 1 aromatic carbocycles. The van der Waals surface area contributed by atoms with Gasteiger partial charge in [-0.3, -0.25) is 9.88 Å². The summed E-state index contributed by atoms with van der Waals surface area (Å²) in [5.74, 6) is -4.53. The van der Waals surface area contributed by atoms with Crippen molar-refractivity contribution < 1.29 is 31.8 Å². The number of anilines is 1. The fraction of sp³-hybridized carbons (Fsp3) is 0.364. The van der Waals surface area contributed by atoms with Crippen LogP contribution in [0.3, 0.4) is 0 Å². The molecule has 0 bridgehead atoms. The lowest BCUT2D eigenvalue weighted by atomic mass is 10.0. The summed E-state index contributed by atoms with van der Waals surface area (Å²) in [4.78, 5) is 17.1. The van der Waals surface area contributed by atoms with Crippen LogP contribution < -0.4 is 4.90 Å². The average Bonchev–Trinajstić information content (AvgIpc) is 3.38. The van der Waals surface area contributed by atoms with Crippen molar-refractivity contribution in [2.24, 2.45) is 11.8 Å². The second-order valence-electron chi connectivity index (χ2n) is 8.57. The van der Waals surface area contributed by atoms with Crippen LogP contribution in [0.2, 0.25) is 0 Å². The summed E-state index contributed by atoms with van der Waals surface area (Å²) >= 11 is 0. The highest BCUT2D eigenvalue weighted by atomic mass is 19.2. The van der Waals surface area contributed by atoms with Gasteiger partial charge >= 0.3 is 6.09 Å². The van der Waals surface area contributed by atoms with Gasteiger partial charge in [0, 0.05) is 35.9 Å². The van der Waals surface area contributed by atoms with E-state index in [4.69, 9.17) is 9.47 Å². The summed E-state index contributed by atoms with van der Waals surface area (Å²) in [6, 6.07) is 3.39. The molecular weight excluding hydrogens is 458 g/mol. The lowest BCUT2D eigenvalue weighted by molar-refractivity contribution is 0.0974. The van der Waals surface area contributed by atoms with E-state index >= 15 is 4.39 Å². The van der Waals surface area contributed by atoms with Gasteiger partial charge in [-0.25, -0.2) is 27.0 Å². The summed E-state index contributed by atoms with van der Waals surface area (Å²) in [5.41, 5.74) is -2.74. The Balaban J connectivity index is 1.26. The minimum atomic E-state index is -1.61. The number of aromatic nitrogens is 4. The van der Waals surface area contributed by atoms with E-state index < -0.39 is 46.6 Å². The fourth-order valence-electron chi connectivity index (χ4n) is 4.84. The highest BCUT2D eigenvalue weighted by molar-refractivity contribution is 5.90. The topological polar surface area (TPSA) is 82.4 Å². The zero-order valence-electron chi connectivity index (χ0n) is 17.5. The molecule has 0 spiro atoms. The van der Waals surface area contributed by atoms with Crippen molar-refractivity contribution in [3.63, 3.8) is 0 Å². The summed E-state index contributed by atoms with van der Waals surface area (Å²) in [6.07, 6.45) is 2.46. The van der Waals surface area contributed by atoms with Crippen LogP contribution in [0.5, 0.6) is 0 Å². The minimum Gasteiger partial charge on any atom is -0.442 e. The number of cyclic esters (lactones) is 1. The maximum Gasteiger partial charge on any atom is 0.414 e. The number of amides is 1. The molecule has 4 atom stereocenters. The van der Waals surface area contributed by atoms with E-state index in [0.717, 1.165) is 17.2 Å². The van der Waals surface area contributed by atoms with Gasteiger partial charge < -0.3 is 9.47 Å². The maximum atomic E-state index is 15.1. The molecule has 6 rings (SSSR count). The first-order chi connectivity index (χ1) is 16.4. The van der Waals surface area contributed by atoms with E-state index in [2.05, 4.69) is 15.3 Å². The Hall–Kier alpha value is -3.54. The van der Waals surface area contributed by atoms with Gasteiger partial charge in [0.05, 0.1) is 49.4 Å². The molecule has 1 aliphatic carbocycles. The normalized spacial score (nSPS) is 27.7. The lowest BCUT2D eigenvalue weighted by Crippen LogP contribution is -2.27. The Morgan fingerprint density at radius 1 is 1.15 bits per heavy atom. The molecule has 1 saturated carbocycles. The summed E-state index contributed by atoms with van der Waals surface area (Å²) < 4.78 is 71.8. The van der Waals surface area contributed by atoms with Gasteiger partial charge in [0.15, 0.2) is 17.3 Å². The summed E-state index contributed by atoms with van der Waals surface area (Å²) in [6.45, 7) is 0.627. The zero-order chi connectivity index (χ0) is 23.6. The number of rotatable bonds is 5. The van der Waals surface area contributed by atoms with Crippen molar-refractivity contribution >= 4 is 11.8 Å². The largest absolute Gasteiger partial charge is 0.442 e. The number of hydrogen-bond acceptors (Lipinski definition) is 6. The van der Waals surface area contributed by atoms with Crippen LogP contribution in [0, 0.1) is 29.3 Å². The molecular formula is C22H17F4N5O3. The third kappa shape index (κ3) is 3.08. The summed E-state index contributed by atoms with van der Waals surface area (Å²) in [5, 5.41) is 7.40. The van der Waals surface area contributed by atoms with Gasteiger partial charge in [0.1, 0.15) is 11.9 Å². The molecule has 1 unspecified atom stereocenters. The zero-order valence-corrected chi connectivity index (χ0v) is 17.5. The van der Waals surface area contributed by atoms with Gasteiger partial charge in [0.2, 0.25) is 0 Å². The Kier molecular flexibility index (Phi) is 4.63. The highest BCUT2D eigenvalue weighted by Crippen LogP contribution is 2.63. The first-order valence-electron chi connectivity index (χ1n) is 10.6. The number of halogens is 4. The molecule has 3 aliphatic rings. The number of nitrogens with zero attached hydrogens (tertiary/aromatic N) is 5. The quantitative estimate of drug-likeness (QED) is 0.416. The van der Waals surface area contributed by atoms with Gasteiger partial charge in [-0.15, -0.1) is 5.10 Å². The number of hydrogen-bond donors (Lipinski definition) is 0. The number of benzene rings is 1. The molecule has 0 N–H and O–H groups in total. The predicted molar refractivity (Wildman–Crippen MR) is 108 cm³/mol. The third-order valence-corrected chi connectivity index (χ3v) is 6.66. The molecule has 2 saturated heterocycles. The third-order valence-electron chi connectivity index (χ3n) is 6.66. The second-order valence-corrected chi connectivity index (χ2v) is 8.57. The molecule has 1 amide bonds. The number of fused-ring (bicyclic) bond motifs is 1. The Morgan fingerprint density at radius 2 is 1.94 bits per heavy atom. The predicted octanol–water partition coefficient (Wildman–Crippen LogP) is 3.22.